The van der Waals surface area contributed by atoms with Crippen molar-refractivity contribution in [3.8, 4) is 0 Å². The van der Waals surface area contributed by atoms with E-state index in [1.54, 1.807) is 6.92 Å². The standard InChI is InChI=1S/C17H27NO2S/c1-6-18-17(5,16(19)20)10-14(4)21-11-15-8-12(2)7-13(3)9-15/h7-9,14,18H,6,10-11H2,1-5H3,(H,19,20). The third-order valence-electron chi connectivity index (χ3n) is 3.55. The van der Waals surface area contributed by atoms with E-state index in [2.05, 4.69) is 44.3 Å². The Labute approximate surface area is 132 Å². The van der Waals surface area contributed by atoms with Crippen LogP contribution in [0.25, 0.3) is 0 Å². The van der Waals surface area contributed by atoms with E-state index in [1.807, 2.05) is 18.7 Å². The van der Waals surface area contributed by atoms with Gasteiger partial charge >= 0.3 is 5.97 Å². The largest absolute Gasteiger partial charge is 0.480 e. The maximum atomic E-state index is 11.4. The molecule has 21 heavy (non-hydrogen) atoms. The van der Waals surface area contributed by atoms with Crippen LogP contribution in [0.15, 0.2) is 18.2 Å². The highest BCUT2D eigenvalue weighted by atomic mass is 32.2. The van der Waals surface area contributed by atoms with E-state index in [0.29, 0.717) is 13.0 Å². The number of rotatable bonds is 8. The molecule has 2 atom stereocenters. The molecule has 0 aliphatic rings. The Kier molecular flexibility index (Phi) is 6.75. The Morgan fingerprint density at radius 1 is 1.33 bits per heavy atom. The van der Waals surface area contributed by atoms with Gasteiger partial charge in [0.2, 0.25) is 0 Å². The molecule has 4 heteroatoms. The van der Waals surface area contributed by atoms with Crippen LogP contribution in [0.4, 0.5) is 0 Å². The summed E-state index contributed by atoms with van der Waals surface area (Å²) >= 11 is 1.81. The number of aliphatic carboxylic acids is 1. The molecule has 0 amide bonds. The zero-order valence-corrected chi connectivity index (χ0v) is 14.5. The third kappa shape index (κ3) is 5.71. The number of nitrogens with one attached hydrogen (secondary N) is 1. The number of carboxylic acids is 1. The summed E-state index contributed by atoms with van der Waals surface area (Å²) < 4.78 is 0. The van der Waals surface area contributed by atoms with Crippen LogP contribution >= 0.6 is 11.8 Å². The van der Waals surface area contributed by atoms with Crippen LogP contribution in [-0.2, 0) is 10.5 Å². The van der Waals surface area contributed by atoms with Gasteiger partial charge in [0, 0.05) is 11.0 Å². The Bertz CT molecular complexity index is 469. The van der Waals surface area contributed by atoms with E-state index >= 15 is 0 Å². The predicted molar refractivity (Wildman–Crippen MR) is 91.0 cm³/mol. The average molecular weight is 309 g/mol. The highest BCUT2D eigenvalue weighted by Gasteiger charge is 2.33. The van der Waals surface area contributed by atoms with Crippen molar-refractivity contribution in [3.63, 3.8) is 0 Å². The van der Waals surface area contributed by atoms with Crippen LogP contribution in [0.5, 0.6) is 0 Å². The SMILES string of the molecule is CCNC(C)(CC(C)SCc1cc(C)cc(C)c1)C(=O)O. The molecule has 0 heterocycles. The Balaban J connectivity index is 2.60. The zero-order chi connectivity index (χ0) is 16.0. The van der Waals surface area contributed by atoms with Crippen LogP contribution in [0.1, 0.15) is 43.9 Å². The van der Waals surface area contributed by atoms with Crippen molar-refractivity contribution >= 4 is 17.7 Å². The second-order valence-electron chi connectivity index (χ2n) is 5.99. The number of carboxylic acid groups (broad SMARTS) is 1. The van der Waals surface area contributed by atoms with Crippen LogP contribution in [-0.4, -0.2) is 28.4 Å². The lowest BCUT2D eigenvalue weighted by Gasteiger charge is -2.28. The van der Waals surface area contributed by atoms with Crippen molar-refractivity contribution in [1.82, 2.24) is 5.32 Å². The fourth-order valence-electron chi connectivity index (χ4n) is 2.65. The quantitative estimate of drug-likeness (QED) is 0.767. The van der Waals surface area contributed by atoms with Gasteiger partial charge in [-0.15, -0.1) is 0 Å². The number of thioether (sulfide) groups is 1. The molecule has 2 N–H and O–H groups in total. The predicted octanol–water partition coefficient (Wildman–Crippen LogP) is 3.77. The van der Waals surface area contributed by atoms with E-state index in [9.17, 15) is 9.90 Å². The van der Waals surface area contributed by atoms with Crippen LogP contribution < -0.4 is 5.32 Å². The maximum absolute atomic E-state index is 11.4. The monoisotopic (exact) mass is 309 g/mol. The number of hydrogen-bond donors (Lipinski definition) is 2. The lowest BCUT2D eigenvalue weighted by atomic mass is 9.96. The molecule has 0 saturated carbocycles. The van der Waals surface area contributed by atoms with E-state index in [0.717, 1.165) is 5.75 Å². The first-order valence-corrected chi connectivity index (χ1v) is 8.49. The van der Waals surface area contributed by atoms with Crippen LogP contribution in [0, 0.1) is 13.8 Å². The van der Waals surface area contributed by atoms with E-state index in [-0.39, 0.29) is 5.25 Å². The first-order valence-electron chi connectivity index (χ1n) is 7.44. The van der Waals surface area contributed by atoms with Gasteiger partial charge in [0.15, 0.2) is 0 Å². The van der Waals surface area contributed by atoms with Crippen molar-refractivity contribution in [2.75, 3.05) is 6.54 Å². The summed E-state index contributed by atoms with van der Waals surface area (Å²) in [4.78, 5) is 11.4. The number of carbonyl (C=O) groups is 1. The molecule has 0 aromatic heterocycles. The van der Waals surface area contributed by atoms with Crippen LogP contribution in [0.2, 0.25) is 0 Å². The van der Waals surface area contributed by atoms with Crippen molar-refractivity contribution in [2.24, 2.45) is 0 Å². The van der Waals surface area contributed by atoms with Gasteiger partial charge in [-0.05, 0) is 39.3 Å². The molecule has 3 nitrogen and oxygen atoms in total. The molecule has 1 aromatic carbocycles. The van der Waals surface area contributed by atoms with Gasteiger partial charge in [-0.2, -0.15) is 11.8 Å². The summed E-state index contributed by atoms with van der Waals surface area (Å²) in [5, 5.41) is 12.8. The van der Waals surface area contributed by atoms with Gasteiger partial charge in [0.25, 0.3) is 0 Å². The van der Waals surface area contributed by atoms with E-state index in [1.165, 1.54) is 16.7 Å². The van der Waals surface area contributed by atoms with E-state index in [4.69, 9.17) is 0 Å². The molecule has 0 spiro atoms. The molecule has 0 saturated heterocycles. The van der Waals surface area contributed by atoms with Crippen molar-refractivity contribution in [3.05, 3.63) is 34.9 Å². The van der Waals surface area contributed by atoms with Gasteiger partial charge in [-0.1, -0.05) is 43.2 Å². The first kappa shape index (κ1) is 18.1. The minimum Gasteiger partial charge on any atom is -0.480 e. The number of likely N-dealkylation sites (N-methyl/N-ethyl adjacent to an activating group) is 1. The van der Waals surface area contributed by atoms with Gasteiger partial charge in [-0.3, -0.25) is 4.79 Å². The lowest BCUT2D eigenvalue weighted by Crippen LogP contribution is -2.50. The normalized spacial score (nSPS) is 15.5. The molecular weight excluding hydrogens is 282 g/mol. The first-order chi connectivity index (χ1) is 9.76. The van der Waals surface area contributed by atoms with Gasteiger partial charge in [0.1, 0.15) is 5.54 Å². The van der Waals surface area contributed by atoms with Crippen LogP contribution in [0.3, 0.4) is 0 Å². The van der Waals surface area contributed by atoms with Crippen molar-refractivity contribution in [2.45, 2.75) is 57.6 Å². The highest BCUT2D eigenvalue weighted by Crippen LogP contribution is 2.26. The minimum atomic E-state index is -0.844. The van der Waals surface area contributed by atoms with Crippen molar-refractivity contribution < 1.29 is 9.90 Å². The maximum Gasteiger partial charge on any atom is 0.323 e. The summed E-state index contributed by atoms with van der Waals surface area (Å²) in [5.41, 5.74) is 3.02. The molecule has 0 aliphatic heterocycles. The fraction of sp³-hybridized carbons (Fsp3) is 0.588. The van der Waals surface area contributed by atoms with Gasteiger partial charge in [-0.25, -0.2) is 0 Å². The molecule has 0 fully saturated rings. The summed E-state index contributed by atoms with van der Waals surface area (Å²) in [5.74, 6) is 0.147. The molecule has 1 aromatic rings. The molecule has 0 bridgehead atoms. The second-order valence-corrected chi connectivity index (χ2v) is 7.42. The summed E-state index contributed by atoms with van der Waals surface area (Å²) in [6, 6.07) is 6.57. The number of hydrogen-bond acceptors (Lipinski definition) is 3. The summed E-state index contributed by atoms with van der Waals surface area (Å²) in [6.07, 6.45) is 0.617. The molecular formula is C17H27NO2S. The fourth-order valence-corrected chi connectivity index (χ4v) is 3.74. The smallest absolute Gasteiger partial charge is 0.323 e. The Morgan fingerprint density at radius 3 is 2.38 bits per heavy atom. The summed E-state index contributed by atoms with van der Waals surface area (Å²) in [6.45, 7) is 10.7. The lowest BCUT2D eigenvalue weighted by molar-refractivity contribution is -0.144. The molecule has 0 radical (unpaired) electrons. The van der Waals surface area contributed by atoms with Gasteiger partial charge in [0.05, 0.1) is 0 Å². The Morgan fingerprint density at radius 2 is 1.90 bits per heavy atom. The molecule has 118 valence electrons. The molecule has 1 rings (SSSR count). The molecule has 0 aliphatic carbocycles. The third-order valence-corrected chi connectivity index (χ3v) is 4.79. The van der Waals surface area contributed by atoms with Crippen molar-refractivity contribution in [1.29, 1.82) is 0 Å². The average Bonchev–Trinajstić information content (AvgIpc) is 2.35. The number of benzene rings is 1. The van der Waals surface area contributed by atoms with Gasteiger partial charge < -0.3 is 10.4 Å². The Hall–Kier alpha value is -1.00. The molecule has 2 unspecified atom stereocenters. The summed E-state index contributed by atoms with van der Waals surface area (Å²) in [7, 11) is 0. The van der Waals surface area contributed by atoms with E-state index < -0.39 is 11.5 Å². The zero-order valence-electron chi connectivity index (χ0n) is 13.7. The topological polar surface area (TPSA) is 49.3 Å². The number of aryl methyl sites for hydroxylation is 2. The second kappa shape index (κ2) is 7.85. The highest BCUT2D eigenvalue weighted by molar-refractivity contribution is 7.99. The minimum absolute atomic E-state index is 0.283.